The molecule has 0 amide bonds. The standard InChI is InChI=1S/C17H23N3O/c1-2-13(11-5-3-6-12(18)9-11)17(21)16-10-15-14(20-16)7-4-8-19-15/h4,7-8,10-13,20H,2-3,5-6,9,18H2,1H3/t11-,12+,13?/m0/s1. The molecule has 2 aromatic rings. The highest BCUT2D eigenvalue weighted by Crippen LogP contribution is 2.33. The molecule has 4 heteroatoms. The van der Waals surface area contributed by atoms with Crippen LogP contribution < -0.4 is 5.73 Å². The number of carbonyl (C=O) groups is 1. The summed E-state index contributed by atoms with van der Waals surface area (Å²) < 4.78 is 0. The Bertz CT molecular complexity index is 601. The van der Waals surface area contributed by atoms with Gasteiger partial charge >= 0.3 is 0 Å². The van der Waals surface area contributed by atoms with Crippen LogP contribution in [0.3, 0.4) is 0 Å². The van der Waals surface area contributed by atoms with E-state index in [4.69, 9.17) is 5.73 Å². The van der Waals surface area contributed by atoms with Gasteiger partial charge in [-0.1, -0.05) is 13.3 Å². The molecule has 0 bridgehead atoms. The number of ketones is 1. The Kier molecular flexibility index (Phi) is 4.06. The van der Waals surface area contributed by atoms with Crippen molar-refractivity contribution in [1.29, 1.82) is 0 Å². The molecule has 112 valence electrons. The first-order valence-corrected chi connectivity index (χ1v) is 7.92. The largest absolute Gasteiger partial charge is 0.351 e. The fourth-order valence-corrected chi connectivity index (χ4v) is 3.65. The maximum absolute atomic E-state index is 12.9. The second kappa shape index (κ2) is 5.98. The molecule has 2 heterocycles. The van der Waals surface area contributed by atoms with Gasteiger partial charge in [0.1, 0.15) is 0 Å². The molecule has 4 nitrogen and oxygen atoms in total. The average Bonchev–Trinajstić information content (AvgIpc) is 2.92. The van der Waals surface area contributed by atoms with Crippen molar-refractivity contribution in [3.63, 3.8) is 0 Å². The molecular formula is C17H23N3O. The summed E-state index contributed by atoms with van der Waals surface area (Å²) in [6.45, 7) is 2.10. The summed E-state index contributed by atoms with van der Waals surface area (Å²) in [4.78, 5) is 20.4. The lowest BCUT2D eigenvalue weighted by Crippen LogP contribution is -2.34. The summed E-state index contributed by atoms with van der Waals surface area (Å²) in [5.41, 5.74) is 8.56. The number of aromatic nitrogens is 2. The molecule has 0 radical (unpaired) electrons. The van der Waals surface area contributed by atoms with Crippen LogP contribution in [0.1, 0.15) is 49.5 Å². The van der Waals surface area contributed by atoms with E-state index in [9.17, 15) is 4.79 Å². The van der Waals surface area contributed by atoms with Crippen molar-refractivity contribution >= 4 is 16.8 Å². The Morgan fingerprint density at radius 1 is 1.52 bits per heavy atom. The van der Waals surface area contributed by atoms with Crippen molar-refractivity contribution in [2.75, 3.05) is 0 Å². The molecule has 3 atom stereocenters. The van der Waals surface area contributed by atoms with E-state index < -0.39 is 0 Å². The van der Waals surface area contributed by atoms with Crippen LogP contribution in [0.4, 0.5) is 0 Å². The monoisotopic (exact) mass is 285 g/mol. The summed E-state index contributed by atoms with van der Waals surface area (Å²) >= 11 is 0. The Morgan fingerprint density at radius 2 is 2.38 bits per heavy atom. The molecule has 1 aliphatic carbocycles. The van der Waals surface area contributed by atoms with Gasteiger partial charge in [0.2, 0.25) is 0 Å². The van der Waals surface area contributed by atoms with Crippen LogP contribution in [0, 0.1) is 11.8 Å². The van der Waals surface area contributed by atoms with Gasteiger partial charge in [0.05, 0.1) is 16.7 Å². The quantitative estimate of drug-likeness (QED) is 0.847. The minimum Gasteiger partial charge on any atom is -0.351 e. The molecule has 0 aromatic carbocycles. The molecule has 1 aliphatic rings. The third-order valence-corrected chi connectivity index (χ3v) is 4.76. The van der Waals surface area contributed by atoms with Crippen molar-refractivity contribution in [3.8, 4) is 0 Å². The summed E-state index contributed by atoms with van der Waals surface area (Å²) in [6.07, 6.45) is 6.96. The minimum atomic E-state index is 0.0735. The summed E-state index contributed by atoms with van der Waals surface area (Å²) in [5, 5.41) is 0. The normalized spacial score (nSPS) is 24.1. The second-order valence-corrected chi connectivity index (χ2v) is 6.18. The molecule has 0 saturated heterocycles. The highest BCUT2D eigenvalue weighted by Gasteiger charge is 2.31. The maximum atomic E-state index is 12.9. The maximum Gasteiger partial charge on any atom is 0.182 e. The number of pyridine rings is 1. The number of rotatable bonds is 4. The molecule has 1 fully saturated rings. The van der Waals surface area contributed by atoms with Crippen molar-refractivity contribution in [1.82, 2.24) is 9.97 Å². The number of Topliss-reactive ketones (excluding diaryl/α,β-unsaturated/α-hetero) is 1. The molecule has 1 unspecified atom stereocenters. The SMILES string of the molecule is CCC(C(=O)c1cc2ncccc2[nH]1)[C@H]1CCC[C@@H](N)C1. The van der Waals surface area contributed by atoms with Crippen molar-refractivity contribution < 1.29 is 4.79 Å². The first kappa shape index (κ1) is 14.3. The lowest BCUT2D eigenvalue weighted by Gasteiger charge is -2.31. The first-order valence-electron chi connectivity index (χ1n) is 7.92. The third-order valence-electron chi connectivity index (χ3n) is 4.76. The number of hydrogen-bond acceptors (Lipinski definition) is 3. The molecule has 0 aliphatic heterocycles. The average molecular weight is 285 g/mol. The Morgan fingerprint density at radius 3 is 3.10 bits per heavy atom. The number of nitrogens with two attached hydrogens (primary N) is 1. The summed E-state index contributed by atoms with van der Waals surface area (Å²) in [7, 11) is 0. The van der Waals surface area contributed by atoms with Gasteiger partial charge in [0, 0.05) is 18.2 Å². The highest BCUT2D eigenvalue weighted by atomic mass is 16.1. The number of aromatic amines is 1. The lowest BCUT2D eigenvalue weighted by molar-refractivity contribution is 0.0829. The van der Waals surface area contributed by atoms with Gasteiger partial charge in [0.25, 0.3) is 0 Å². The molecule has 0 spiro atoms. The van der Waals surface area contributed by atoms with E-state index in [2.05, 4.69) is 16.9 Å². The Hall–Kier alpha value is -1.68. The van der Waals surface area contributed by atoms with Crippen LogP contribution in [-0.2, 0) is 0 Å². The van der Waals surface area contributed by atoms with E-state index >= 15 is 0 Å². The van der Waals surface area contributed by atoms with Crippen LogP contribution in [0.5, 0.6) is 0 Å². The fourth-order valence-electron chi connectivity index (χ4n) is 3.65. The zero-order valence-corrected chi connectivity index (χ0v) is 12.5. The van der Waals surface area contributed by atoms with Gasteiger partial charge in [-0.15, -0.1) is 0 Å². The number of H-pyrrole nitrogens is 1. The van der Waals surface area contributed by atoms with E-state index in [-0.39, 0.29) is 17.7 Å². The van der Waals surface area contributed by atoms with Gasteiger partial charge < -0.3 is 10.7 Å². The number of hydrogen-bond donors (Lipinski definition) is 2. The Labute approximate surface area is 125 Å². The molecule has 21 heavy (non-hydrogen) atoms. The fraction of sp³-hybridized carbons (Fsp3) is 0.529. The van der Waals surface area contributed by atoms with Gasteiger partial charge in [-0.3, -0.25) is 9.78 Å². The van der Waals surface area contributed by atoms with Crippen molar-refractivity contribution in [3.05, 3.63) is 30.1 Å². The van der Waals surface area contributed by atoms with E-state index in [0.29, 0.717) is 11.6 Å². The van der Waals surface area contributed by atoms with E-state index in [1.54, 1.807) is 6.20 Å². The van der Waals surface area contributed by atoms with E-state index in [1.807, 2.05) is 18.2 Å². The third kappa shape index (κ3) is 2.86. The lowest BCUT2D eigenvalue weighted by atomic mass is 9.75. The smallest absolute Gasteiger partial charge is 0.182 e. The molecular weight excluding hydrogens is 262 g/mol. The van der Waals surface area contributed by atoms with E-state index in [0.717, 1.165) is 43.1 Å². The number of nitrogens with one attached hydrogen (secondary N) is 1. The minimum absolute atomic E-state index is 0.0735. The summed E-state index contributed by atoms with van der Waals surface area (Å²) in [5.74, 6) is 0.713. The zero-order valence-electron chi connectivity index (χ0n) is 12.5. The number of fused-ring (bicyclic) bond motifs is 1. The predicted octanol–water partition coefficient (Wildman–Crippen LogP) is 3.29. The Balaban J connectivity index is 1.84. The van der Waals surface area contributed by atoms with Crippen LogP contribution in [0.2, 0.25) is 0 Å². The van der Waals surface area contributed by atoms with Crippen LogP contribution in [0.15, 0.2) is 24.4 Å². The van der Waals surface area contributed by atoms with Crippen LogP contribution in [-0.4, -0.2) is 21.8 Å². The predicted molar refractivity (Wildman–Crippen MR) is 84.1 cm³/mol. The van der Waals surface area contributed by atoms with Gasteiger partial charge in [0.15, 0.2) is 5.78 Å². The first-order chi connectivity index (χ1) is 10.2. The zero-order chi connectivity index (χ0) is 14.8. The second-order valence-electron chi connectivity index (χ2n) is 6.18. The number of nitrogens with zero attached hydrogens (tertiary/aromatic N) is 1. The molecule has 1 saturated carbocycles. The van der Waals surface area contributed by atoms with Gasteiger partial charge in [-0.2, -0.15) is 0 Å². The number of carbonyl (C=O) groups excluding carboxylic acids is 1. The topological polar surface area (TPSA) is 71.8 Å². The summed E-state index contributed by atoms with van der Waals surface area (Å²) in [6, 6.07) is 5.97. The van der Waals surface area contributed by atoms with E-state index in [1.165, 1.54) is 0 Å². The van der Waals surface area contributed by atoms with Gasteiger partial charge in [-0.25, -0.2) is 0 Å². The van der Waals surface area contributed by atoms with Crippen molar-refractivity contribution in [2.24, 2.45) is 17.6 Å². The van der Waals surface area contributed by atoms with Crippen LogP contribution in [0.25, 0.3) is 11.0 Å². The molecule has 3 N–H and O–H groups in total. The highest BCUT2D eigenvalue weighted by molar-refractivity contribution is 6.00. The van der Waals surface area contributed by atoms with Crippen molar-refractivity contribution in [2.45, 2.75) is 45.1 Å². The van der Waals surface area contributed by atoms with Gasteiger partial charge in [-0.05, 0) is 49.8 Å². The molecule has 2 aromatic heterocycles. The molecule has 3 rings (SSSR count). The van der Waals surface area contributed by atoms with Crippen LogP contribution >= 0.6 is 0 Å².